The molecule has 3 N–H and O–H groups in total. The maximum atomic E-state index is 15.0. The van der Waals surface area contributed by atoms with Crippen molar-refractivity contribution >= 4 is 34.2 Å². The molecule has 2 atom stereocenters. The first-order valence-electron chi connectivity index (χ1n) is 16.7. The molecule has 11 nitrogen and oxygen atoms in total. The zero-order valence-corrected chi connectivity index (χ0v) is 26.7. The Labute approximate surface area is 272 Å². The molecule has 5 aliphatic heterocycles. The molecule has 47 heavy (non-hydrogen) atoms. The van der Waals surface area contributed by atoms with Crippen LogP contribution in [0.1, 0.15) is 55.8 Å². The van der Waals surface area contributed by atoms with Crippen LogP contribution in [0.4, 0.5) is 20.7 Å². The number of benzene rings is 2. The van der Waals surface area contributed by atoms with E-state index < -0.39 is 11.6 Å². The number of halogens is 1. The molecule has 1 spiro atoms. The number of ether oxygens (including phenoxy) is 1. The third-order valence-corrected chi connectivity index (χ3v) is 10.9. The summed E-state index contributed by atoms with van der Waals surface area (Å²) in [5.41, 5.74) is 3.23. The van der Waals surface area contributed by atoms with Gasteiger partial charge in [-0.3, -0.25) is 15.0 Å². The van der Waals surface area contributed by atoms with Crippen molar-refractivity contribution in [2.75, 3.05) is 49.1 Å². The lowest BCUT2D eigenvalue weighted by atomic mass is 9.88. The number of fused-ring (bicyclic) bond motifs is 3. The van der Waals surface area contributed by atoms with Gasteiger partial charge in [0, 0.05) is 42.3 Å². The van der Waals surface area contributed by atoms with Crippen LogP contribution in [0.2, 0.25) is 0 Å². The summed E-state index contributed by atoms with van der Waals surface area (Å²) in [4.78, 5) is 41.8. The van der Waals surface area contributed by atoms with E-state index in [9.17, 15) is 14.7 Å². The van der Waals surface area contributed by atoms with Crippen LogP contribution in [0.25, 0.3) is 10.8 Å². The van der Waals surface area contributed by atoms with E-state index in [1.165, 1.54) is 11.6 Å². The number of phenols is 1. The Kier molecular flexibility index (Phi) is 7.05. The van der Waals surface area contributed by atoms with Gasteiger partial charge in [0.15, 0.2) is 0 Å². The minimum atomic E-state index is -1.01. The lowest BCUT2D eigenvalue weighted by Crippen LogP contribution is -2.59. The lowest BCUT2D eigenvalue weighted by molar-refractivity contribution is -0.124. The highest BCUT2D eigenvalue weighted by molar-refractivity contribution is 6.07. The Bertz CT molecular complexity index is 1830. The molecular weight excluding hydrogens is 601 g/mol. The van der Waals surface area contributed by atoms with Crippen molar-refractivity contribution in [3.8, 4) is 11.8 Å². The summed E-state index contributed by atoms with van der Waals surface area (Å²) >= 11 is 0. The number of aromatic nitrogens is 2. The summed E-state index contributed by atoms with van der Waals surface area (Å²) in [6.07, 6.45) is 5.40. The zero-order valence-electron chi connectivity index (χ0n) is 26.7. The molecule has 0 saturated carbocycles. The zero-order chi connectivity index (χ0) is 32.5. The van der Waals surface area contributed by atoms with Crippen molar-refractivity contribution < 1.29 is 23.8 Å². The number of rotatable bonds is 6. The minimum Gasteiger partial charge on any atom is -0.508 e. The second kappa shape index (κ2) is 11.1. The van der Waals surface area contributed by atoms with Crippen LogP contribution in [0.15, 0.2) is 36.4 Å². The summed E-state index contributed by atoms with van der Waals surface area (Å²) in [7, 11) is 0. The Morgan fingerprint density at radius 1 is 1.09 bits per heavy atom. The Morgan fingerprint density at radius 3 is 2.74 bits per heavy atom. The van der Waals surface area contributed by atoms with Crippen LogP contribution in [0, 0.1) is 5.82 Å². The van der Waals surface area contributed by atoms with Crippen LogP contribution in [-0.4, -0.2) is 82.3 Å². The monoisotopic (exact) mass is 641 g/mol. The number of hydrogen-bond donors (Lipinski definition) is 3. The molecule has 0 radical (unpaired) electrons. The first kappa shape index (κ1) is 29.9. The fourth-order valence-corrected chi connectivity index (χ4v) is 8.69. The molecule has 0 bridgehead atoms. The van der Waals surface area contributed by atoms with Gasteiger partial charge in [-0.05, 0) is 74.6 Å². The molecule has 0 aliphatic carbocycles. The maximum absolute atomic E-state index is 15.0. The van der Waals surface area contributed by atoms with Crippen LogP contribution in [-0.2, 0) is 24.2 Å². The Balaban J connectivity index is 1.18. The lowest BCUT2D eigenvalue weighted by Gasteiger charge is -2.40. The van der Waals surface area contributed by atoms with Crippen molar-refractivity contribution in [2.45, 2.75) is 69.5 Å². The van der Waals surface area contributed by atoms with Gasteiger partial charge in [-0.15, -0.1) is 0 Å². The van der Waals surface area contributed by atoms with Gasteiger partial charge >= 0.3 is 12.0 Å². The summed E-state index contributed by atoms with van der Waals surface area (Å²) in [6.45, 7) is 10.5. The number of imide groups is 1. The highest BCUT2D eigenvalue weighted by Gasteiger charge is 2.50. The van der Waals surface area contributed by atoms with E-state index in [1.807, 2.05) is 6.92 Å². The fourth-order valence-electron chi connectivity index (χ4n) is 8.69. The van der Waals surface area contributed by atoms with Crippen LogP contribution in [0.5, 0.6) is 11.8 Å². The van der Waals surface area contributed by atoms with Crippen LogP contribution in [0.3, 0.4) is 0 Å². The minimum absolute atomic E-state index is 0.106. The second-order valence-electron chi connectivity index (χ2n) is 13.8. The van der Waals surface area contributed by atoms with Crippen LogP contribution < -0.4 is 25.2 Å². The third kappa shape index (κ3) is 4.95. The normalized spacial score (nSPS) is 25.8. The van der Waals surface area contributed by atoms with E-state index in [2.05, 4.69) is 31.9 Å². The maximum Gasteiger partial charge on any atom is 0.322 e. The standard InChI is InChI=1S/C35H40FN7O4/c1-3-24-26(36)7-6-22-14-23(44)15-28(29(22)24)41-13-8-25-27(18-41)37-33(47-20-34-9-4-12-43(34)17-21(2)16-34)38-30(25)42-11-5-10-35(19-42)31(45)39-32(46)40-35/h6-7,14-15,44H,2-5,8-13,16-20H2,1H3,(H2,39,40,45,46)/t34-,35+/m0/s1. The molecule has 246 valence electrons. The summed E-state index contributed by atoms with van der Waals surface area (Å²) in [6, 6.07) is 6.37. The van der Waals surface area contributed by atoms with Gasteiger partial charge in [0.1, 0.15) is 29.5 Å². The number of nitrogens with one attached hydrogen (secondary N) is 2. The van der Waals surface area contributed by atoms with Gasteiger partial charge in [0.2, 0.25) is 0 Å². The molecule has 1 aromatic heterocycles. The summed E-state index contributed by atoms with van der Waals surface area (Å²) in [5.74, 6) is 0.264. The second-order valence-corrected chi connectivity index (χ2v) is 13.8. The molecule has 3 amide bonds. The first-order valence-corrected chi connectivity index (χ1v) is 16.7. The van der Waals surface area contributed by atoms with E-state index in [0.717, 1.165) is 65.9 Å². The average Bonchev–Trinajstić information content (AvgIpc) is 3.67. The predicted octanol–water partition coefficient (Wildman–Crippen LogP) is 3.95. The smallest absolute Gasteiger partial charge is 0.322 e. The molecule has 4 saturated heterocycles. The highest BCUT2D eigenvalue weighted by atomic mass is 19.1. The van der Waals surface area contributed by atoms with E-state index in [0.29, 0.717) is 64.0 Å². The summed E-state index contributed by atoms with van der Waals surface area (Å²) in [5, 5.41) is 17.6. The highest BCUT2D eigenvalue weighted by Crippen LogP contribution is 2.42. The topological polar surface area (TPSA) is 123 Å². The molecule has 4 fully saturated rings. The SMILES string of the molecule is C=C1CN2CCC[C@@]2(COc2nc3c(c(N4CCC[C@]5(C4)NC(=O)NC5=O)n2)CCN(c2cc(O)cc4ccc(F)c(CC)c24)C3)C1. The van der Waals surface area contributed by atoms with Gasteiger partial charge in [-0.2, -0.15) is 9.97 Å². The fraction of sp³-hybridized carbons (Fsp3) is 0.486. The number of anilines is 2. The number of carbonyl (C=O) groups excluding carboxylic acids is 2. The van der Waals surface area contributed by atoms with Gasteiger partial charge in [-0.25, -0.2) is 9.18 Å². The van der Waals surface area contributed by atoms with Crippen molar-refractivity contribution in [1.29, 1.82) is 0 Å². The number of amides is 3. The molecule has 2 aromatic carbocycles. The van der Waals surface area contributed by atoms with E-state index >= 15 is 4.39 Å². The number of carbonyl (C=O) groups is 2. The number of nitrogens with zero attached hydrogens (tertiary/aromatic N) is 5. The number of aromatic hydroxyl groups is 1. The molecule has 3 aromatic rings. The van der Waals surface area contributed by atoms with Crippen molar-refractivity contribution in [1.82, 2.24) is 25.5 Å². The largest absolute Gasteiger partial charge is 0.508 e. The molecule has 8 rings (SSSR count). The van der Waals surface area contributed by atoms with Crippen molar-refractivity contribution in [2.24, 2.45) is 0 Å². The molecule has 5 aliphatic rings. The molecule has 6 heterocycles. The van der Waals surface area contributed by atoms with Gasteiger partial charge in [0.25, 0.3) is 5.91 Å². The van der Waals surface area contributed by atoms with Gasteiger partial charge in [0.05, 0.1) is 24.3 Å². The summed E-state index contributed by atoms with van der Waals surface area (Å²) < 4.78 is 21.5. The van der Waals surface area contributed by atoms with Crippen molar-refractivity contribution in [3.63, 3.8) is 0 Å². The molecule has 12 heteroatoms. The average molecular weight is 642 g/mol. The number of aryl methyl sites for hydroxylation is 1. The third-order valence-electron chi connectivity index (χ3n) is 10.9. The number of phenolic OH excluding ortho intramolecular Hbond substituents is 1. The van der Waals surface area contributed by atoms with Crippen LogP contribution >= 0.6 is 0 Å². The Morgan fingerprint density at radius 2 is 1.94 bits per heavy atom. The van der Waals surface area contributed by atoms with Crippen molar-refractivity contribution in [3.05, 3.63) is 59.1 Å². The van der Waals surface area contributed by atoms with E-state index in [1.54, 1.807) is 18.2 Å². The van der Waals surface area contributed by atoms with Gasteiger partial charge in [-0.1, -0.05) is 25.1 Å². The Hall–Kier alpha value is -4.45. The predicted molar refractivity (Wildman–Crippen MR) is 175 cm³/mol. The number of hydrogen-bond acceptors (Lipinski definition) is 9. The van der Waals surface area contributed by atoms with E-state index in [-0.39, 0.29) is 29.0 Å². The van der Waals surface area contributed by atoms with E-state index in [4.69, 9.17) is 14.7 Å². The molecular formula is C35H40FN7O4. The quantitative estimate of drug-likeness (QED) is 0.271. The number of piperidine rings is 1. The molecule has 0 unspecified atom stereocenters. The number of urea groups is 1. The van der Waals surface area contributed by atoms with Gasteiger partial charge < -0.3 is 25.0 Å². The first-order chi connectivity index (χ1) is 22.7.